The molecule has 130 valence electrons. The Morgan fingerprint density at radius 2 is 2.00 bits per heavy atom. The lowest BCUT2D eigenvalue weighted by atomic mass is 10.1. The van der Waals surface area contributed by atoms with Gasteiger partial charge in [0.2, 0.25) is 5.91 Å². The molecular formula is C18H19ClN4O2. The highest BCUT2D eigenvalue weighted by Gasteiger charge is 2.12. The number of halogens is 1. The summed E-state index contributed by atoms with van der Waals surface area (Å²) in [5, 5.41) is 11.8. The Labute approximate surface area is 150 Å². The first-order valence-corrected chi connectivity index (χ1v) is 8.38. The molecule has 0 aliphatic carbocycles. The van der Waals surface area contributed by atoms with Crippen molar-refractivity contribution in [3.63, 3.8) is 0 Å². The van der Waals surface area contributed by atoms with Crippen LogP contribution in [0.15, 0.2) is 41.1 Å². The van der Waals surface area contributed by atoms with Crippen LogP contribution in [0.4, 0.5) is 5.82 Å². The van der Waals surface area contributed by atoms with Crippen LogP contribution in [0, 0.1) is 13.8 Å². The van der Waals surface area contributed by atoms with Crippen molar-refractivity contribution in [2.24, 2.45) is 0 Å². The minimum Gasteiger partial charge on any atom is -0.361 e. The van der Waals surface area contributed by atoms with Gasteiger partial charge in [0, 0.05) is 23.1 Å². The summed E-state index contributed by atoms with van der Waals surface area (Å²) in [5.41, 5.74) is 2.88. The molecule has 0 radical (unpaired) electrons. The molecule has 0 saturated heterocycles. The number of amides is 1. The van der Waals surface area contributed by atoms with Crippen molar-refractivity contribution in [2.75, 3.05) is 5.32 Å². The Morgan fingerprint density at radius 3 is 2.68 bits per heavy atom. The number of aryl methyl sites for hydroxylation is 2. The maximum Gasteiger partial charge on any atom is 0.225 e. The number of nitrogens with one attached hydrogen (secondary N) is 1. The zero-order chi connectivity index (χ0) is 17.8. The molecule has 0 aliphatic heterocycles. The van der Waals surface area contributed by atoms with Gasteiger partial charge in [-0.05, 0) is 38.0 Å². The summed E-state index contributed by atoms with van der Waals surface area (Å²) in [6.07, 6.45) is 2.62. The molecular weight excluding hydrogens is 340 g/mol. The van der Waals surface area contributed by atoms with Crippen LogP contribution in [-0.2, 0) is 17.8 Å². The van der Waals surface area contributed by atoms with E-state index in [-0.39, 0.29) is 5.91 Å². The summed E-state index contributed by atoms with van der Waals surface area (Å²) < 4.78 is 6.87. The van der Waals surface area contributed by atoms with E-state index in [0.717, 1.165) is 22.6 Å². The second-order valence-electron chi connectivity index (χ2n) is 5.85. The Bertz CT molecular complexity index is 848. The number of nitrogens with zero attached hydrogens (tertiary/aromatic N) is 3. The van der Waals surface area contributed by atoms with Crippen molar-refractivity contribution in [3.8, 4) is 0 Å². The Kier molecular flexibility index (Phi) is 5.19. The first-order chi connectivity index (χ1) is 12.0. The summed E-state index contributed by atoms with van der Waals surface area (Å²) in [4.78, 5) is 12.3. The van der Waals surface area contributed by atoms with Crippen LogP contribution in [0.3, 0.4) is 0 Å². The summed E-state index contributed by atoms with van der Waals surface area (Å²) in [7, 11) is 0. The molecule has 1 N–H and O–H groups in total. The Hall–Kier alpha value is -2.60. The molecule has 2 heterocycles. The predicted molar refractivity (Wildman–Crippen MR) is 95.7 cm³/mol. The van der Waals surface area contributed by atoms with Gasteiger partial charge in [0.1, 0.15) is 11.6 Å². The average molecular weight is 359 g/mol. The first kappa shape index (κ1) is 17.2. The molecule has 0 atom stereocenters. The van der Waals surface area contributed by atoms with E-state index >= 15 is 0 Å². The van der Waals surface area contributed by atoms with E-state index in [4.69, 9.17) is 16.1 Å². The molecule has 1 amide bonds. The smallest absolute Gasteiger partial charge is 0.225 e. The highest BCUT2D eigenvalue weighted by Crippen LogP contribution is 2.16. The fourth-order valence-electron chi connectivity index (χ4n) is 2.63. The zero-order valence-electron chi connectivity index (χ0n) is 14.1. The molecule has 0 saturated carbocycles. The number of carbonyl (C=O) groups excluding carboxylic acids is 1. The summed E-state index contributed by atoms with van der Waals surface area (Å²) in [5.74, 6) is 1.36. The van der Waals surface area contributed by atoms with Crippen LogP contribution >= 0.6 is 11.6 Å². The molecule has 0 aliphatic rings. The normalized spacial score (nSPS) is 10.8. The van der Waals surface area contributed by atoms with E-state index in [0.29, 0.717) is 30.2 Å². The van der Waals surface area contributed by atoms with E-state index in [9.17, 15) is 4.79 Å². The number of rotatable bonds is 6. The largest absolute Gasteiger partial charge is 0.361 e. The lowest BCUT2D eigenvalue weighted by Gasteiger charge is -2.09. The van der Waals surface area contributed by atoms with Crippen LogP contribution in [0.5, 0.6) is 0 Å². The topological polar surface area (TPSA) is 73.0 Å². The SMILES string of the molecule is Cc1noc(C)c1CCC(=O)Nc1ccnn1Cc1ccc(Cl)cc1. The van der Waals surface area contributed by atoms with Gasteiger partial charge in [-0.2, -0.15) is 5.10 Å². The molecule has 3 rings (SSSR count). The van der Waals surface area contributed by atoms with Gasteiger partial charge in [0.15, 0.2) is 0 Å². The van der Waals surface area contributed by atoms with E-state index < -0.39 is 0 Å². The third-order valence-electron chi connectivity index (χ3n) is 4.01. The first-order valence-electron chi connectivity index (χ1n) is 8.01. The van der Waals surface area contributed by atoms with Crippen LogP contribution < -0.4 is 5.32 Å². The second-order valence-corrected chi connectivity index (χ2v) is 6.29. The lowest BCUT2D eigenvalue weighted by molar-refractivity contribution is -0.116. The standard InChI is InChI=1S/C18H19ClN4O2/c1-12-16(13(2)25-22-12)7-8-18(24)21-17-9-10-20-23(17)11-14-3-5-15(19)6-4-14/h3-6,9-10H,7-8,11H2,1-2H3,(H,21,24). The Balaban J connectivity index is 1.60. The van der Waals surface area contributed by atoms with Crippen LogP contribution in [0.2, 0.25) is 5.02 Å². The van der Waals surface area contributed by atoms with Crippen molar-refractivity contribution >= 4 is 23.3 Å². The maximum absolute atomic E-state index is 12.3. The molecule has 7 heteroatoms. The van der Waals surface area contributed by atoms with Crippen molar-refractivity contribution in [1.82, 2.24) is 14.9 Å². The monoisotopic (exact) mass is 358 g/mol. The molecule has 0 bridgehead atoms. The molecule has 1 aromatic carbocycles. The van der Waals surface area contributed by atoms with Gasteiger partial charge >= 0.3 is 0 Å². The molecule has 2 aromatic heterocycles. The number of anilines is 1. The average Bonchev–Trinajstić information content (AvgIpc) is 3.15. The number of carbonyl (C=O) groups is 1. The van der Waals surface area contributed by atoms with Gasteiger partial charge in [-0.25, -0.2) is 4.68 Å². The van der Waals surface area contributed by atoms with E-state index in [1.807, 2.05) is 38.1 Å². The van der Waals surface area contributed by atoms with E-state index in [1.165, 1.54) is 0 Å². The lowest BCUT2D eigenvalue weighted by Crippen LogP contribution is -2.16. The minimum absolute atomic E-state index is 0.0714. The van der Waals surface area contributed by atoms with E-state index in [1.54, 1.807) is 16.9 Å². The summed E-state index contributed by atoms with van der Waals surface area (Å²) >= 11 is 5.90. The second kappa shape index (κ2) is 7.53. The Morgan fingerprint density at radius 1 is 1.24 bits per heavy atom. The van der Waals surface area contributed by atoms with E-state index in [2.05, 4.69) is 15.6 Å². The zero-order valence-corrected chi connectivity index (χ0v) is 14.9. The number of benzene rings is 1. The molecule has 3 aromatic rings. The van der Waals surface area contributed by atoms with Gasteiger partial charge in [0.05, 0.1) is 18.4 Å². The summed E-state index contributed by atoms with van der Waals surface area (Å²) in [6.45, 7) is 4.29. The minimum atomic E-state index is -0.0714. The third kappa shape index (κ3) is 4.28. The van der Waals surface area contributed by atoms with Gasteiger partial charge in [-0.3, -0.25) is 4.79 Å². The fourth-order valence-corrected chi connectivity index (χ4v) is 2.76. The predicted octanol–water partition coefficient (Wildman–Crippen LogP) is 3.76. The van der Waals surface area contributed by atoms with Crippen molar-refractivity contribution in [2.45, 2.75) is 33.2 Å². The van der Waals surface area contributed by atoms with Crippen LogP contribution in [0.1, 0.15) is 29.0 Å². The number of aromatic nitrogens is 3. The highest BCUT2D eigenvalue weighted by atomic mass is 35.5. The van der Waals surface area contributed by atoms with Crippen molar-refractivity contribution < 1.29 is 9.32 Å². The van der Waals surface area contributed by atoms with Gasteiger partial charge in [0.25, 0.3) is 0 Å². The molecule has 0 unspecified atom stereocenters. The van der Waals surface area contributed by atoms with Crippen LogP contribution in [-0.4, -0.2) is 20.8 Å². The van der Waals surface area contributed by atoms with Gasteiger partial charge in [-0.1, -0.05) is 28.9 Å². The summed E-state index contributed by atoms with van der Waals surface area (Å²) in [6, 6.07) is 9.33. The molecule has 0 spiro atoms. The van der Waals surface area contributed by atoms with Gasteiger partial charge in [-0.15, -0.1) is 0 Å². The van der Waals surface area contributed by atoms with Crippen molar-refractivity contribution in [1.29, 1.82) is 0 Å². The molecule has 25 heavy (non-hydrogen) atoms. The van der Waals surface area contributed by atoms with Gasteiger partial charge < -0.3 is 9.84 Å². The molecule has 0 fully saturated rings. The van der Waals surface area contributed by atoms with Crippen molar-refractivity contribution in [3.05, 3.63) is 64.1 Å². The third-order valence-corrected chi connectivity index (χ3v) is 4.26. The quantitative estimate of drug-likeness (QED) is 0.728. The highest BCUT2D eigenvalue weighted by molar-refractivity contribution is 6.30. The number of hydrogen-bond acceptors (Lipinski definition) is 4. The number of hydrogen-bond donors (Lipinski definition) is 1. The molecule has 6 nitrogen and oxygen atoms in total. The fraction of sp³-hybridized carbons (Fsp3) is 0.278. The maximum atomic E-state index is 12.3. The van der Waals surface area contributed by atoms with Crippen LogP contribution in [0.25, 0.3) is 0 Å².